The van der Waals surface area contributed by atoms with Crippen LogP contribution in [0, 0.1) is 31.0 Å². The Morgan fingerprint density at radius 1 is 1.30 bits per heavy atom. The molecule has 0 aliphatic carbocycles. The lowest BCUT2D eigenvalue weighted by molar-refractivity contribution is 0.600. The van der Waals surface area contributed by atoms with Gasteiger partial charge in [0.2, 0.25) is 0 Å². The number of hydrogen-bond acceptors (Lipinski definition) is 3. The highest BCUT2D eigenvalue weighted by Crippen LogP contribution is 2.25. The molecule has 0 saturated carbocycles. The molecule has 2 aromatic rings. The number of nitriles is 1. The van der Waals surface area contributed by atoms with Gasteiger partial charge in [0.15, 0.2) is 0 Å². The summed E-state index contributed by atoms with van der Waals surface area (Å²) >= 11 is 0. The number of rotatable bonds is 3. The van der Waals surface area contributed by atoms with E-state index >= 15 is 0 Å². The van der Waals surface area contributed by atoms with E-state index in [1.54, 1.807) is 25.1 Å². The van der Waals surface area contributed by atoms with Gasteiger partial charge in [-0.25, -0.2) is 4.39 Å². The SMILES string of the molecule is Cc1cc(NC(C)c2ccccc2F)c(C#N)c(C)n1. The van der Waals surface area contributed by atoms with E-state index in [0.717, 1.165) is 5.69 Å². The number of hydrogen-bond donors (Lipinski definition) is 1. The first kappa shape index (κ1) is 14.0. The van der Waals surface area contributed by atoms with Gasteiger partial charge in [-0.05, 0) is 32.9 Å². The monoisotopic (exact) mass is 269 g/mol. The van der Waals surface area contributed by atoms with Crippen LogP contribution in [0.25, 0.3) is 0 Å². The van der Waals surface area contributed by atoms with Gasteiger partial charge in [0.25, 0.3) is 0 Å². The van der Waals surface area contributed by atoms with E-state index in [2.05, 4.69) is 16.4 Å². The smallest absolute Gasteiger partial charge is 0.128 e. The van der Waals surface area contributed by atoms with Crippen molar-refractivity contribution in [3.8, 4) is 6.07 Å². The third kappa shape index (κ3) is 2.77. The molecule has 0 aliphatic rings. The topological polar surface area (TPSA) is 48.7 Å². The minimum absolute atomic E-state index is 0.232. The zero-order valence-corrected chi connectivity index (χ0v) is 11.7. The maximum Gasteiger partial charge on any atom is 0.128 e. The van der Waals surface area contributed by atoms with Crippen molar-refractivity contribution < 1.29 is 4.39 Å². The molecule has 0 amide bonds. The van der Waals surface area contributed by atoms with E-state index in [4.69, 9.17) is 0 Å². The molecule has 3 nitrogen and oxygen atoms in total. The van der Waals surface area contributed by atoms with E-state index in [1.165, 1.54) is 6.07 Å². The van der Waals surface area contributed by atoms with Gasteiger partial charge in [-0.15, -0.1) is 0 Å². The third-order valence-corrected chi connectivity index (χ3v) is 3.18. The Morgan fingerprint density at radius 3 is 2.65 bits per heavy atom. The lowest BCUT2D eigenvalue weighted by Gasteiger charge is -2.18. The van der Waals surface area contributed by atoms with Crippen LogP contribution in [0.4, 0.5) is 10.1 Å². The van der Waals surface area contributed by atoms with Crippen molar-refractivity contribution in [3.63, 3.8) is 0 Å². The zero-order valence-electron chi connectivity index (χ0n) is 11.7. The second kappa shape index (κ2) is 5.70. The van der Waals surface area contributed by atoms with Gasteiger partial charge >= 0.3 is 0 Å². The summed E-state index contributed by atoms with van der Waals surface area (Å²) in [6.07, 6.45) is 0. The van der Waals surface area contributed by atoms with Crippen LogP contribution < -0.4 is 5.32 Å². The molecule has 0 radical (unpaired) electrons. The summed E-state index contributed by atoms with van der Waals surface area (Å²) in [5.74, 6) is -0.256. The number of pyridine rings is 1. The summed E-state index contributed by atoms with van der Waals surface area (Å²) < 4.78 is 13.8. The number of nitrogens with zero attached hydrogens (tertiary/aromatic N) is 2. The van der Waals surface area contributed by atoms with Crippen molar-refractivity contribution >= 4 is 5.69 Å². The first-order valence-electron chi connectivity index (χ1n) is 6.42. The average molecular weight is 269 g/mol. The molecule has 1 atom stereocenters. The highest BCUT2D eigenvalue weighted by atomic mass is 19.1. The minimum atomic E-state index is -0.256. The molecule has 1 N–H and O–H groups in total. The van der Waals surface area contributed by atoms with Gasteiger partial charge in [0.05, 0.1) is 23.0 Å². The number of benzene rings is 1. The minimum Gasteiger partial charge on any atom is -0.377 e. The van der Waals surface area contributed by atoms with E-state index < -0.39 is 0 Å². The zero-order chi connectivity index (χ0) is 14.7. The molecule has 1 aromatic heterocycles. The second-order valence-corrected chi connectivity index (χ2v) is 4.77. The molecule has 2 rings (SSSR count). The van der Waals surface area contributed by atoms with Crippen LogP contribution in [0.2, 0.25) is 0 Å². The molecular formula is C16H16FN3. The molecule has 0 spiro atoms. The highest BCUT2D eigenvalue weighted by Gasteiger charge is 2.14. The van der Waals surface area contributed by atoms with Crippen LogP contribution in [0.5, 0.6) is 0 Å². The molecule has 0 fully saturated rings. The van der Waals surface area contributed by atoms with Crippen molar-refractivity contribution in [2.75, 3.05) is 5.32 Å². The summed E-state index contributed by atoms with van der Waals surface area (Å²) in [7, 11) is 0. The third-order valence-electron chi connectivity index (χ3n) is 3.18. The normalized spacial score (nSPS) is 11.8. The Balaban J connectivity index is 2.36. The summed E-state index contributed by atoms with van der Waals surface area (Å²) in [6, 6.07) is 10.3. The molecule has 20 heavy (non-hydrogen) atoms. The Labute approximate surface area is 118 Å². The van der Waals surface area contributed by atoms with Gasteiger partial charge in [0.1, 0.15) is 11.9 Å². The average Bonchev–Trinajstić information content (AvgIpc) is 2.38. The lowest BCUT2D eigenvalue weighted by Crippen LogP contribution is -2.11. The summed E-state index contributed by atoms with van der Waals surface area (Å²) in [5, 5.41) is 12.4. The van der Waals surface area contributed by atoms with Gasteiger partial charge in [-0.3, -0.25) is 4.98 Å². The predicted molar refractivity (Wildman–Crippen MR) is 76.9 cm³/mol. The van der Waals surface area contributed by atoms with Gasteiger partial charge in [-0.2, -0.15) is 5.26 Å². The summed E-state index contributed by atoms with van der Waals surface area (Å²) in [4.78, 5) is 4.27. The molecule has 1 aromatic carbocycles. The Morgan fingerprint density at radius 2 is 2.00 bits per heavy atom. The molecule has 102 valence electrons. The van der Waals surface area contributed by atoms with Crippen LogP contribution in [0.1, 0.15) is 35.5 Å². The van der Waals surface area contributed by atoms with Crippen molar-refractivity contribution in [2.45, 2.75) is 26.8 Å². The van der Waals surface area contributed by atoms with Gasteiger partial charge in [0, 0.05) is 11.3 Å². The molecular weight excluding hydrogens is 253 g/mol. The maximum atomic E-state index is 13.8. The van der Waals surface area contributed by atoms with E-state index in [-0.39, 0.29) is 11.9 Å². The lowest BCUT2D eigenvalue weighted by atomic mass is 10.1. The van der Waals surface area contributed by atoms with Crippen LogP contribution in [-0.4, -0.2) is 4.98 Å². The van der Waals surface area contributed by atoms with Gasteiger partial charge in [-0.1, -0.05) is 18.2 Å². The van der Waals surface area contributed by atoms with Crippen molar-refractivity contribution in [3.05, 3.63) is 58.7 Å². The number of aromatic nitrogens is 1. The number of nitrogens with one attached hydrogen (secondary N) is 1. The number of aryl methyl sites for hydroxylation is 2. The molecule has 4 heteroatoms. The number of anilines is 1. The predicted octanol–water partition coefficient (Wildman–Crippen LogP) is 3.88. The first-order chi connectivity index (χ1) is 9.52. The molecule has 1 unspecified atom stereocenters. The molecule has 0 saturated heterocycles. The van der Waals surface area contributed by atoms with Crippen LogP contribution in [0.15, 0.2) is 30.3 Å². The second-order valence-electron chi connectivity index (χ2n) is 4.77. The van der Waals surface area contributed by atoms with E-state index in [9.17, 15) is 9.65 Å². The summed E-state index contributed by atoms with van der Waals surface area (Å²) in [6.45, 7) is 5.53. The first-order valence-corrected chi connectivity index (χ1v) is 6.42. The highest BCUT2D eigenvalue weighted by molar-refractivity contribution is 5.60. The van der Waals surface area contributed by atoms with Crippen molar-refractivity contribution in [2.24, 2.45) is 0 Å². The fourth-order valence-electron chi connectivity index (χ4n) is 2.22. The standard InChI is InChI=1S/C16H16FN3/c1-10-8-16(14(9-18)12(3)19-10)20-11(2)13-6-4-5-7-15(13)17/h4-8,11H,1-3H3,(H,19,20). The van der Waals surface area contributed by atoms with Gasteiger partial charge < -0.3 is 5.32 Å². The van der Waals surface area contributed by atoms with E-state index in [1.807, 2.05) is 19.9 Å². The quantitative estimate of drug-likeness (QED) is 0.919. The van der Waals surface area contributed by atoms with Crippen molar-refractivity contribution in [1.82, 2.24) is 4.98 Å². The van der Waals surface area contributed by atoms with Crippen LogP contribution in [-0.2, 0) is 0 Å². The fourth-order valence-corrected chi connectivity index (χ4v) is 2.22. The van der Waals surface area contributed by atoms with Crippen LogP contribution >= 0.6 is 0 Å². The Kier molecular flexibility index (Phi) is 3.99. The largest absolute Gasteiger partial charge is 0.377 e. The summed E-state index contributed by atoms with van der Waals surface area (Å²) in [5.41, 5.74) is 3.26. The number of halogens is 1. The molecule has 0 bridgehead atoms. The van der Waals surface area contributed by atoms with Crippen molar-refractivity contribution in [1.29, 1.82) is 5.26 Å². The maximum absolute atomic E-state index is 13.8. The molecule has 0 aliphatic heterocycles. The van der Waals surface area contributed by atoms with E-state index in [0.29, 0.717) is 22.5 Å². The molecule has 1 heterocycles. The van der Waals surface area contributed by atoms with Crippen LogP contribution in [0.3, 0.4) is 0 Å². The Bertz CT molecular complexity index is 674. The fraction of sp³-hybridized carbons (Fsp3) is 0.250. The Hall–Kier alpha value is -2.41.